The van der Waals surface area contributed by atoms with Crippen LogP contribution in [0.5, 0.6) is 0 Å². The second-order valence-electron chi connectivity index (χ2n) is 3.58. The number of nitrogens with one attached hydrogen (secondary N) is 1. The van der Waals surface area contributed by atoms with Gasteiger partial charge < -0.3 is 15.8 Å². The molecule has 0 rings (SSSR count). The van der Waals surface area contributed by atoms with Gasteiger partial charge in [0.15, 0.2) is 0 Å². The van der Waals surface area contributed by atoms with Crippen LogP contribution in [0.3, 0.4) is 0 Å². The van der Waals surface area contributed by atoms with Crippen LogP contribution < -0.4 is 11.1 Å². The monoisotopic (exact) mass is 244 g/mol. The van der Waals surface area contributed by atoms with Crippen LogP contribution in [0.4, 0.5) is 0 Å². The van der Waals surface area contributed by atoms with Gasteiger partial charge in [-0.3, -0.25) is 14.4 Å². The van der Waals surface area contributed by atoms with Crippen molar-refractivity contribution < 1.29 is 19.1 Å². The third-order valence-electron chi connectivity index (χ3n) is 2.03. The fourth-order valence-electron chi connectivity index (χ4n) is 1.19. The van der Waals surface area contributed by atoms with Gasteiger partial charge in [0.1, 0.15) is 0 Å². The maximum atomic E-state index is 11.2. The first kappa shape index (κ1) is 15.4. The summed E-state index contributed by atoms with van der Waals surface area (Å²) in [5.41, 5.74) is 4.97. The van der Waals surface area contributed by atoms with Gasteiger partial charge in [-0.1, -0.05) is 0 Å². The molecule has 0 saturated heterocycles. The predicted molar refractivity (Wildman–Crippen MR) is 61.9 cm³/mol. The number of rotatable bonds is 9. The molecule has 0 aromatic heterocycles. The van der Waals surface area contributed by atoms with Crippen molar-refractivity contribution in [1.82, 2.24) is 5.32 Å². The Hall–Kier alpha value is -1.59. The van der Waals surface area contributed by atoms with Gasteiger partial charge in [-0.2, -0.15) is 0 Å². The highest BCUT2D eigenvalue weighted by molar-refractivity contribution is 5.81. The molecule has 0 unspecified atom stereocenters. The number of carbonyl (C=O) groups is 3. The molecule has 6 nitrogen and oxygen atoms in total. The molecule has 0 aliphatic heterocycles. The molecule has 98 valence electrons. The average molecular weight is 244 g/mol. The van der Waals surface area contributed by atoms with Crippen LogP contribution in [0.1, 0.15) is 39.0 Å². The Morgan fingerprint density at radius 2 is 1.82 bits per heavy atom. The fourth-order valence-corrected chi connectivity index (χ4v) is 1.19. The van der Waals surface area contributed by atoms with E-state index in [0.717, 1.165) is 0 Å². The molecule has 0 aromatic rings. The molecule has 0 bridgehead atoms. The molecule has 2 amide bonds. The quantitative estimate of drug-likeness (QED) is 0.444. The highest BCUT2D eigenvalue weighted by Crippen LogP contribution is 1.95. The summed E-state index contributed by atoms with van der Waals surface area (Å²) in [6, 6.07) is 0. The lowest BCUT2D eigenvalue weighted by atomic mass is 10.2. The smallest absolute Gasteiger partial charge is 0.306 e. The summed E-state index contributed by atoms with van der Waals surface area (Å²) in [6.45, 7) is 2.54. The van der Waals surface area contributed by atoms with Crippen LogP contribution in [0.25, 0.3) is 0 Å². The van der Waals surface area contributed by atoms with E-state index >= 15 is 0 Å². The first-order chi connectivity index (χ1) is 8.06. The zero-order valence-corrected chi connectivity index (χ0v) is 10.2. The van der Waals surface area contributed by atoms with Crippen molar-refractivity contribution in [3.63, 3.8) is 0 Å². The maximum Gasteiger partial charge on any atom is 0.306 e. The van der Waals surface area contributed by atoms with Crippen LogP contribution in [-0.2, 0) is 19.1 Å². The molecule has 0 heterocycles. The van der Waals surface area contributed by atoms with Gasteiger partial charge in [-0.05, 0) is 19.8 Å². The van der Waals surface area contributed by atoms with Gasteiger partial charge in [0.25, 0.3) is 0 Å². The number of amides is 2. The number of primary amides is 1. The fraction of sp³-hybridized carbons (Fsp3) is 0.727. The Labute approximate surface area is 101 Å². The van der Waals surface area contributed by atoms with Gasteiger partial charge in [0, 0.05) is 19.4 Å². The Morgan fingerprint density at radius 1 is 1.12 bits per heavy atom. The summed E-state index contributed by atoms with van der Waals surface area (Å²) >= 11 is 0. The SMILES string of the molecule is CCOC(=O)CCC(=O)NCCCCC(N)=O. The van der Waals surface area contributed by atoms with Gasteiger partial charge in [0.2, 0.25) is 11.8 Å². The molecule has 17 heavy (non-hydrogen) atoms. The van der Waals surface area contributed by atoms with Crippen LogP contribution in [0.15, 0.2) is 0 Å². The van der Waals surface area contributed by atoms with Crippen molar-refractivity contribution in [3.8, 4) is 0 Å². The second-order valence-corrected chi connectivity index (χ2v) is 3.58. The highest BCUT2D eigenvalue weighted by Gasteiger charge is 2.06. The Morgan fingerprint density at radius 3 is 2.41 bits per heavy atom. The van der Waals surface area contributed by atoms with Crippen molar-refractivity contribution in [2.75, 3.05) is 13.2 Å². The number of hydrogen-bond acceptors (Lipinski definition) is 4. The van der Waals surface area contributed by atoms with E-state index in [1.807, 2.05) is 0 Å². The molecular formula is C11H20N2O4. The van der Waals surface area contributed by atoms with Gasteiger partial charge in [0.05, 0.1) is 13.0 Å². The normalized spacial score (nSPS) is 9.71. The summed E-state index contributed by atoms with van der Waals surface area (Å²) in [5.74, 6) is -0.882. The molecule has 3 N–H and O–H groups in total. The van der Waals surface area contributed by atoms with Crippen molar-refractivity contribution in [2.45, 2.75) is 39.0 Å². The van der Waals surface area contributed by atoms with Gasteiger partial charge in [-0.25, -0.2) is 0 Å². The van der Waals surface area contributed by atoms with Crippen molar-refractivity contribution >= 4 is 17.8 Å². The molecule has 0 aliphatic carbocycles. The number of nitrogens with two attached hydrogens (primary N) is 1. The van der Waals surface area contributed by atoms with E-state index in [2.05, 4.69) is 5.32 Å². The topological polar surface area (TPSA) is 98.5 Å². The van der Waals surface area contributed by atoms with Crippen molar-refractivity contribution in [2.24, 2.45) is 5.73 Å². The van der Waals surface area contributed by atoms with E-state index in [-0.39, 0.29) is 30.6 Å². The third-order valence-corrected chi connectivity index (χ3v) is 2.03. The number of ether oxygens (including phenoxy) is 1. The maximum absolute atomic E-state index is 11.2. The average Bonchev–Trinajstić information content (AvgIpc) is 2.26. The van der Waals surface area contributed by atoms with E-state index in [1.165, 1.54) is 0 Å². The Kier molecular flexibility index (Phi) is 8.72. The van der Waals surface area contributed by atoms with Crippen molar-refractivity contribution in [1.29, 1.82) is 0 Å². The van der Waals surface area contributed by atoms with E-state index in [4.69, 9.17) is 10.5 Å². The first-order valence-corrected chi connectivity index (χ1v) is 5.77. The molecule has 0 fully saturated rings. The van der Waals surface area contributed by atoms with Crippen LogP contribution in [0.2, 0.25) is 0 Å². The zero-order valence-electron chi connectivity index (χ0n) is 10.2. The summed E-state index contributed by atoms with van der Waals surface area (Å²) in [4.78, 5) is 32.6. The minimum atomic E-state index is -0.364. The molecule has 0 radical (unpaired) electrons. The largest absolute Gasteiger partial charge is 0.466 e. The Balaban J connectivity index is 3.40. The Bertz CT molecular complexity index is 266. The molecule has 0 aliphatic rings. The van der Waals surface area contributed by atoms with Gasteiger partial charge >= 0.3 is 5.97 Å². The van der Waals surface area contributed by atoms with E-state index in [0.29, 0.717) is 32.4 Å². The molecule has 6 heteroatoms. The lowest BCUT2D eigenvalue weighted by Crippen LogP contribution is -2.25. The van der Waals surface area contributed by atoms with Crippen LogP contribution >= 0.6 is 0 Å². The van der Waals surface area contributed by atoms with E-state index < -0.39 is 0 Å². The van der Waals surface area contributed by atoms with E-state index in [1.54, 1.807) is 6.92 Å². The van der Waals surface area contributed by atoms with Crippen LogP contribution in [0, 0.1) is 0 Å². The summed E-state index contributed by atoms with van der Waals surface area (Å²) in [5, 5.41) is 2.66. The standard InChI is InChI=1S/C11H20N2O4/c1-2-17-11(16)7-6-10(15)13-8-4-3-5-9(12)14/h2-8H2,1H3,(H2,12,14)(H,13,15). The van der Waals surface area contributed by atoms with Crippen LogP contribution in [-0.4, -0.2) is 30.9 Å². The number of unbranched alkanes of at least 4 members (excludes halogenated alkanes) is 1. The number of esters is 1. The van der Waals surface area contributed by atoms with Gasteiger partial charge in [-0.15, -0.1) is 0 Å². The number of hydrogen-bond donors (Lipinski definition) is 2. The third kappa shape index (κ3) is 10.7. The second kappa shape index (κ2) is 9.62. The van der Waals surface area contributed by atoms with Crippen molar-refractivity contribution in [3.05, 3.63) is 0 Å². The molecule has 0 saturated carbocycles. The lowest BCUT2D eigenvalue weighted by molar-refractivity contribution is -0.144. The zero-order chi connectivity index (χ0) is 13.1. The highest BCUT2D eigenvalue weighted by atomic mass is 16.5. The minimum absolute atomic E-state index is 0.0982. The predicted octanol–water partition coefficient (Wildman–Crippen LogP) is 0.102. The summed E-state index contributed by atoms with van der Waals surface area (Å²) in [6.07, 6.45) is 1.93. The lowest BCUT2D eigenvalue weighted by Gasteiger charge is -2.04. The molecule has 0 spiro atoms. The van der Waals surface area contributed by atoms with E-state index in [9.17, 15) is 14.4 Å². The molecular weight excluding hydrogens is 224 g/mol. The summed E-state index contributed by atoms with van der Waals surface area (Å²) < 4.78 is 4.69. The first-order valence-electron chi connectivity index (χ1n) is 5.77. The minimum Gasteiger partial charge on any atom is -0.466 e. The molecule has 0 atom stereocenters. The summed E-state index contributed by atoms with van der Waals surface area (Å²) in [7, 11) is 0. The molecule has 0 aromatic carbocycles. The number of carbonyl (C=O) groups excluding carboxylic acids is 3.